The molecule has 0 bridgehead atoms. The van der Waals surface area contributed by atoms with Crippen LogP contribution in [0.2, 0.25) is 0 Å². The predicted octanol–water partition coefficient (Wildman–Crippen LogP) is 2.38. The van der Waals surface area contributed by atoms with Crippen LogP contribution in [0.3, 0.4) is 0 Å². The van der Waals surface area contributed by atoms with Crippen LogP contribution >= 0.6 is 0 Å². The second-order valence-corrected chi connectivity index (χ2v) is 3.54. The van der Waals surface area contributed by atoms with Gasteiger partial charge < -0.3 is 5.73 Å². The number of halogens is 3. The van der Waals surface area contributed by atoms with Crippen LogP contribution < -0.4 is 5.73 Å². The predicted molar refractivity (Wildman–Crippen MR) is 56.0 cm³/mol. The maximum Gasteiger partial charge on any atom is 0.416 e. The zero-order valence-electron chi connectivity index (χ0n) is 8.84. The third-order valence-electron chi connectivity index (χ3n) is 2.22. The Labute approximate surface area is 94.7 Å². The first-order valence-electron chi connectivity index (χ1n) is 4.74. The van der Waals surface area contributed by atoms with E-state index in [1.54, 1.807) is 6.92 Å². The number of aryl methyl sites for hydroxylation is 1. The average molecular weight is 242 g/mol. The van der Waals surface area contributed by atoms with Crippen LogP contribution in [-0.2, 0) is 6.18 Å². The normalized spacial score (nSPS) is 11.8. The van der Waals surface area contributed by atoms with Crippen molar-refractivity contribution < 1.29 is 13.2 Å². The molecule has 0 atom stereocenters. The number of nitrogens with one attached hydrogen (secondary N) is 1. The first-order valence-corrected chi connectivity index (χ1v) is 4.74. The van der Waals surface area contributed by atoms with Gasteiger partial charge in [-0.2, -0.15) is 18.3 Å². The van der Waals surface area contributed by atoms with Crippen LogP contribution in [0.4, 0.5) is 18.9 Å². The van der Waals surface area contributed by atoms with Crippen molar-refractivity contribution in [2.24, 2.45) is 0 Å². The Balaban J connectivity index is 2.45. The summed E-state index contributed by atoms with van der Waals surface area (Å²) < 4.78 is 37.2. The molecular formula is C10H9F3N4. The first kappa shape index (κ1) is 11.4. The lowest BCUT2D eigenvalue weighted by atomic mass is 10.1. The summed E-state index contributed by atoms with van der Waals surface area (Å²) in [4.78, 5) is 4.01. The Kier molecular flexibility index (Phi) is 2.53. The maximum absolute atomic E-state index is 12.4. The molecule has 0 aliphatic rings. The Morgan fingerprint density at radius 3 is 2.47 bits per heavy atom. The first-order chi connectivity index (χ1) is 7.88. The van der Waals surface area contributed by atoms with Crippen LogP contribution in [0, 0.1) is 6.92 Å². The molecule has 2 rings (SSSR count). The lowest BCUT2D eigenvalue weighted by Crippen LogP contribution is -2.06. The third kappa shape index (κ3) is 2.22. The Morgan fingerprint density at radius 2 is 2.00 bits per heavy atom. The number of rotatable bonds is 1. The van der Waals surface area contributed by atoms with Gasteiger partial charge in [0.25, 0.3) is 0 Å². The molecule has 0 radical (unpaired) electrons. The van der Waals surface area contributed by atoms with E-state index >= 15 is 0 Å². The lowest BCUT2D eigenvalue weighted by molar-refractivity contribution is -0.137. The molecule has 1 aromatic carbocycles. The number of hydrogen-bond acceptors (Lipinski definition) is 3. The lowest BCUT2D eigenvalue weighted by Gasteiger charge is -2.08. The number of hydrogen-bond donors (Lipinski definition) is 2. The monoisotopic (exact) mass is 242 g/mol. The van der Waals surface area contributed by atoms with Crippen LogP contribution in [0.1, 0.15) is 11.4 Å². The fraction of sp³-hybridized carbons (Fsp3) is 0.200. The number of benzene rings is 1. The number of anilines is 1. The number of nitrogen functional groups attached to an aromatic ring is 1. The standard InChI is InChI=1S/C10H9F3N4/c1-5-15-9(17-16-5)7-3-2-6(4-8(7)14)10(11,12)13/h2-4H,14H2,1H3,(H,15,16,17). The van der Waals surface area contributed by atoms with E-state index in [9.17, 15) is 13.2 Å². The van der Waals surface area contributed by atoms with Gasteiger partial charge in [0.05, 0.1) is 5.56 Å². The highest BCUT2D eigenvalue weighted by Crippen LogP contribution is 2.33. The average Bonchev–Trinajstić information content (AvgIpc) is 2.63. The Morgan fingerprint density at radius 1 is 1.29 bits per heavy atom. The van der Waals surface area contributed by atoms with Crippen molar-refractivity contribution in [1.29, 1.82) is 0 Å². The maximum atomic E-state index is 12.4. The largest absolute Gasteiger partial charge is 0.416 e. The minimum Gasteiger partial charge on any atom is -0.398 e. The Hall–Kier alpha value is -2.05. The molecule has 0 aliphatic heterocycles. The summed E-state index contributed by atoms with van der Waals surface area (Å²) in [6, 6.07) is 3.10. The summed E-state index contributed by atoms with van der Waals surface area (Å²) in [7, 11) is 0. The molecule has 3 N–H and O–H groups in total. The van der Waals surface area contributed by atoms with E-state index < -0.39 is 11.7 Å². The number of aromatic nitrogens is 3. The zero-order valence-corrected chi connectivity index (χ0v) is 8.84. The highest BCUT2D eigenvalue weighted by atomic mass is 19.4. The molecule has 4 nitrogen and oxygen atoms in total. The van der Waals surface area contributed by atoms with E-state index in [4.69, 9.17) is 5.73 Å². The zero-order chi connectivity index (χ0) is 12.6. The molecule has 0 fully saturated rings. The number of H-pyrrole nitrogens is 1. The molecule has 0 spiro atoms. The highest BCUT2D eigenvalue weighted by molar-refractivity contribution is 5.72. The van der Waals surface area contributed by atoms with Crippen molar-refractivity contribution in [1.82, 2.24) is 15.2 Å². The molecule has 17 heavy (non-hydrogen) atoms. The second kappa shape index (κ2) is 3.76. The molecule has 90 valence electrons. The fourth-order valence-corrected chi connectivity index (χ4v) is 1.41. The van der Waals surface area contributed by atoms with Gasteiger partial charge in [-0.05, 0) is 25.1 Å². The van der Waals surface area contributed by atoms with Gasteiger partial charge >= 0.3 is 6.18 Å². The molecule has 0 unspecified atom stereocenters. The van der Waals surface area contributed by atoms with E-state index in [0.29, 0.717) is 11.4 Å². The summed E-state index contributed by atoms with van der Waals surface area (Å²) in [5, 5.41) is 6.44. The van der Waals surface area contributed by atoms with E-state index in [2.05, 4.69) is 15.2 Å². The number of aromatic amines is 1. The molecule has 0 saturated carbocycles. The molecule has 0 saturated heterocycles. The van der Waals surface area contributed by atoms with Crippen LogP contribution in [0.5, 0.6) is 0 Å². The van der Waals surface area contributed by atoms with Crippen LogP contribution in [0.15, 0.2) is 18.2 Å². The van der Waals surface area contributed by atoms with E-state index in [0.717, 1.165) is 12.1 Å². The van der Waals surface area contributed by atoms with Crippen molar-refractivity contribution in [3.63, 3.8) is 0 Å². The van der Waals surface area contributed by atoms with E-state index in [1.165, 1.54) is 6.07 Å². The van der Waals surface area contributed by atoms with Crippen LogP contribution in [0.25, 0.3) is 11.4 Å². The number of nitrogens with zero attached hydrogens (tertiary/aromatic N) is 2. The van der Waals surface area contributed by atoms with Gasteiger partial charge in [0, 0.05) is 11.3 Å². The van der Waals surface area contributed by atoms with E-state index in [1.807, 2.05) is 0 Å². The second-order valence-electron chi connectivity index (χ2n) is 3.54. The van der Waals surface area contributed by atoms with Crippen LogP contribution in [-0.4, -0.2) is 15.2 Å². The minimum absolute atomic E-state index is 0.00109. The third-order valence-corrected chi connectivity index (χ3v) is 2.22. The summed E-state index contributed by atoms with van der Waals surface area (Å²) in [6.07, 6.45) is -4.40. The van der Waals surface area contributed by atoms with Gasteiger partial charge in [0.1, 0.15) is 5.82 Å². The van der Waals surface area contributed by atoms with Gasteiger partial charge in [-0.1, -0.05) is 0 Å². The minimum atomic E-state index is -4.40. The number of nitrogens with two attached hydrogens (primary N) is 1. The topological polar surface area (TPSA) is 67.6 Å². The quantitative estimate of drug-likeness (QED) is 0.754. The molecule has 2 aromatic rings. The molecule has 1 aromatic heterocycles. The molecule has 0 aliphatic carbocycles. The SMILES string of the molecule is Cc1nc(-c2ccc(C(F)(F)F)cc2N)n[nH]1. The van der Waals surface area contributed by atoms with Crippen molar-refractivity contribution in [2.75, 3.05) is 5.73 Å². The molecule has 0 amide bonds. The van der Waals surface area contributed by atoms with Gasteiger partial charge in [0.15, 0.2) is 5.82 Å². The summed E-state index contributed by atoms with van der Waals surface area (Å²) >= 11 is 0. The van der Waals surface area contributed by atoms with Gasteiger partial charge in [-0.3, -0.25) is 5.10 Å². The van der Waals surface area contributed by atoms with Gasteiger partial charge in [0.2, 0.25) is 0 Å². The van der Waals surface area contributed by atoms with Crippen molar-refractivity contribution in [3.05, 3.63) is 29.6 Å². The molecule has 7 heteroatoms. The summed E-state index contributed by atoms with van der Waals surface area (Å²) in [5.41, 5.74) is 5.16. The molecular weight excluding hydrogens is 233 g/mol. The van der Waals surface area contributed by atoms with Crippen molar-refractivity contribution in [2.45, 2.75) is 13.1 Å². The smallest absolute Gasteiger partial charge is 0.398 e. The van der Waals surface area contributed by atoms with E-state index in [-0.39, 0.29) is 11.5 Å². The van der Waals surface area contributed by atoms with Gasteiger partial charge in [-0.15, -0.1) is 0 Å². The summed E-state index contributed by atoms with van der Waals surface area (Å²) in [5.74, 6) is 0.855. The Bertz CT molecular complexity index is 545. The fourth-order valence-electron chi connectivity index (χ4n) is 1.41. The van der Waals surface area contributed by atoms with Gasteiger partial charge in [-0.25, -0.2) is 4.98 Å². The van der Waals surface area contributed by atoms with Crippen molar-refractivity contribution in [3.8, 4) is 11.4 Å². The highest BCUT2D eigenvalue weighted by Gasteiger charge is 2.31. The number of alkyl halides is 3. The van der Waals surface area contributed by atoms with Crippen molar-refractivity contribution >= 4 is 5.69 Å². The molecule has 1 heterocycles. The summed E-state index contributed by atoms with van der Waals surface area (Å²) in [6.45, 7) is 1.69.